The van der Waals surface area contributed by atoms with Crippen LogP contribution in [0.15, 0.2) is 36.5 Å². The Kier molecular flexibility index (Phi) is 3.12. The molecule has 1 aliphatic rings. The third-order valence-electron chi connectivity index (χ3n) is 3.18. The van der Waals surface area contributed by atoms with Gasteiger partial charge in [-0.25, -0.2) is 0 Å². The van der Waals surface area contributed by atoms with Crippen LogP contribution in [0, 0.1) is 0 Å². The van der Waals surface area contributed by atoms with Gasteiger partial charge < -0.3 is 14.0 Å². The number of hydrogen-bond donors (Lipinski definition) is 0. The number of hydrogen-bond acceptors (Lipinski definition) is 2. The van der Waals surface area contributed by atoms with Gasteiger partial charge in [0.1, 0.15) is 0 Å². The van der Waals surface area contributed by atoms with E-state index in [0.29, 0.717) is 0 Å². The molecule has 0 unspecified atom stereocenters. The van der Waals surface area contributed by atoms with Crippen molar-refractivity contribution in [3.63, 3.8) is 0 Å². The molecule has 3 rings (SSSR count). The summed E-state index contributed by atoms with van der Waals surface area (Å²) in [4.78, 5) is 0. The molecular weight excluding hydrogens is 214 g/mol. The molecule has 0 amide bonds. The lowest BCUT2D eigenvalue weighted by molar-refractivity contribution is -0.182. The first kappa shape index (κ1) is 10.8. The fourth-order valence-corrected chi connectivity index (χ4v) is 2.28. The fourth-order valence-electron chi connectivity index (χ4n) is 2.28. The summed E-state index contributed by atoms with van der Waals surface area (Å²) in [6, 6.07) is 10.6. The highest BCUT2D eigenvalue weighted by molar-refractivity contribution is 5.79. The second kappa shape index (κ2) is 4.90. The number of nitrogens with zero attached hydrogens (tertiary/aromatic N) is 1. The maximum absolute atomic E-state index is 5.55. The number of ether oxygens (including phenoxy) is 2. The molecule has 90 valence electrons. The van der Waals surface area contributed by atoms with E-state index in [1.54, 1.807) is 0 Å². The molecule has 0 aliphatic carbocycles. The monoisotopic (exact) mass is 231 g/mol. The minimum atomic E-state index is -0.0232. The van der Waals surface area contributed by atoms with Gasteiger partial charge in [-0.05, 0) is 23.9 Å². The van der Waals surface area contributed by atoms with E-state index in [4.69, 9.17) is 9.47 Å². The van der Waals surface area contributed by atoms with E-state index >= 15 is 0 Å². The van der Waals surface area contributed by atoms with Crippen LogP contribution in [-0.4, -0.2) is 24.1 Å². The van der Waals surface area contributed by atoms with Gasteiger partial charge in [0.05, 0.1) is 13.2 Å². The van der Waals surface area contributed by atoms with Crippen LogP contribution in [0.5, 0.6) is 0 Å². The highest BCUT2D eigenvalue weighted by Gasteiger charge is 2.14. The number of para-hydroxylation sites is 1. The van der Waals surface area contributed by atoms with Gasteiger partial charge in [-0.2, -0.15) is 0 Å². The van der Waals surface area contributed by atoms with Crippen molar-refractivity contribution in [3.05, 3.63) is 36.5 Å². The molecule has 0 bridgehead atoms. The van der Waals surface area contributed by atoms with Crippen LogP contribution in [0.4, 0.5) is 0 Å². The molecule has 0 radical (unpaired) electrons. The van der Waals surface area contributed by atoms with Crippen molar-refractivity contribution in [3.8, 4) is 0 Å². The zero-order valence-electron chi connectivity index (χ0n) is 9.84. The van der Waals surface area contributed by atoms with Gasteiger partial charge in [0, 0.05) is 24.7 Å². The molecule has 2 heterocycles. The summed E-state index contributed by atoms with van der Waals surface area (Å²) in [7, 11) is 0. The highest BCUT2D eigenvalue weighted by Crippen LogP contribution is 2.17. The quantitative estimate of drug-likeness (QED) is 0.811. The third-order valence-corrected chi connectivity index (χ3v) is 3.18. The Labute approximate surface area is 101 Å². The lowest BCUT2D eigenvalue weighted by atomic mass is 10.2. The fraction of sp³-hybridized carbons (Fsp3) is 0.429. The summed E-state index contributed by atoms with van der Waals surface area (Å²) in [5, 5.41) is 1.29. The number of benzene rings is 1. The largest absolute Gasteiger partial charge is 0.353 e. The van der Waals surface area contributed by atoms with Crippen molar-refractivity contribution in [1.82, 2.24) is 4.57 Å². The standard InChI is InChI=1S/C14H17NO2/c1-2-5-13-12(4-1)6-8-15(13)9-7-14-16-10-3-11-17-14/h1-2,4-6,8,14H,3,7,9-11H2. The molecule has 1 aromatic heterocycles. The van der Waals surface area contributed by atoms with Crippen LogP contribution in [-0.2, 0) is 16.0 Å². The van der Waals surface area contributed by atoms with Gasteiger partial charge in [-0.1, -0.05) is 18.2 Å². The van der Waals surface area contributed by atoms with Gasteiger partial charge in [0.25, 0.3) is 0 Å². The van der Waals surface area contributed by atoms with Gasteiger partial charge in [0.2, 0.25) is 0 Å². The second-order valence-corrected chi connectivity index (χ2v) is 4.38. The van der Waals surface area contributed by atoms with E-state index in [9.17, 15) is 0 Å². The first-order valence-electron chi connectivity index (χ1n) is 6.20. The molecular formula is C14H17NO2. The maximum atomic E-state index is 5.55. The zero-order chi connectivity index (χ0) is 11.5. The van der Waals surface area contributed by atoms with Crippen LogP contribution in [0.3, 0.4) is 0 Å². The number of aromatic nitrogens is 1. The first-order valence-corrected chi connectivity index (χ1v) is 6.20. The van der Waals surface area contributed by atoms with E-state index in [2.05, 4.69) is 41.1 Å². The van der Waals surface area contributed by atoms with Crippen LogP contribution in [0.1, 0.15) is 12.8 Å². The minimum absolute atomic E-state index is 0.0232. The van der Waals surface area contributed by atoms with Crippen LogP contribution >= 0.6 is 0 Å². The van der Waals surface area contributed by atoms with Crippen molar-refractivity contribution < 1.29 is 9.47 Å². The Morgan fingerprint density at radius 1 is 1.12 bits per heavy atom. The Balaban J connectivity index is 1.68. The molecule has 0 atom stereocenters. The zero-order valence-corrected chi connectivity index (χ0v) is 9.84. The Morgan fingerprint density at radius 3 is 2.82 bits per heavy atom. The average molecular weight is 231 g/mol. The summed E-state index contributed by atoms with van der Waals surface area (Å²) in [5.74, 6) is 0. The molecule has 1 aliphatic heterocycles. The summed E-state index contributed by atoms with van der Waals surface area (Å²) < 4.78 is 13.4. The maximum Gasteiger partial charge on any atom is 0.159 e. The van der Waals surface area contributed by atoms with Crippen molar-refractivity contribution in [2.75, 3.05) is 13.2 Å². The van der Waals surface area contributed by atoms with E-state index < -0.39 is 0 Å². The Morgan fingerprint density at radius 2 is 1.94 bits per heavy atom. The van der Waals surface area contributed by atoms with Crippen LogP contribution in [0.2, 0.25) is 0 Å². The molecule has 1 aromatic carbocycles. The summed E-state index contributed by atoms with van der Waals surface area (Å²) in [6.07, 6.45) is 4.04. The van der Waals surface area contributed by atoms with Gasteiger partial charge in [-0.3, -0.25) is 0 Å². The average Bonchev–Trinajstić information content (AvgIpc) is 2.81. The molecule has 1 fully saturated rings. The molecule has 1 saturated heterocycles. The second-order valence-electron chi connectivity index (χ2n) is 4.38. The van der Waals surface area contributed by atoms with Crippen molar-refractivity contribution in [1.29, 1.82) is 0 Å². The molecule has 2 aromatic rings. The summed E-state index contributed by atoms with van der Waals surface area (Å²) in [6.45, 7) is 2.60. The molecule has 0 N–H and O–H groups in total. The topological polar surface area (TPSA) is 23.4 Å². The molecule has 17 heavy (non-hydrogen) atoms. The van der Waals surface area contributed by atoms with E-state index in [-0.39, 0.29) is 6.29 Å². The number of rotatable bonds is 3. The van der Waals surface area contributed by atoms with Crippen molar-refractivity contribution in [2.45, 2.75) is 25.7 Å². The van der Waals surface area contributed by atoms with Crippen LogP contribution in [0.25, 0.3) is 10.9 Å². The van der Waals surface area contributed by atoms with Crippen LogP contribution < -0.4 is 0 Å². The lowest BCUT2D eigenvalue weighted by Gasteiger charge is -2.23. The molecule has 3 heteroatoms. The van der Waals surface area contributed by atoms with Gasteiger partial charge in [-0.15, -0.1) is 0 Å². The van der Waals surface area contributed by atoms with E-state index in [0.717, 1.165) is 32.6 Å². The van der Waals surface area contributed by atoms with E-state index in [1.807, 2.05) is 0 Å². The Bertz CT molecular complexity index is 486. The molecule has 0 saturated carbocycles. The lowest BCUT2D eigenvalue weighted by Crippen LogP contribution is -2.25. The SMILES string of the molecule is c1ccc2c(c1)ccn2CCC1OCCCO1. The smallest absolute Gasteiger partial charge is 0.159 e. The van der Waals surface area contributed by atoms with E-state index in [1.165, 1.54) is 10.9 Å². The molecule has 0 spiro atoms. The minimum Gasteiger partial charge on any atom is -0.353 e. The number of fused-ring (bicyclic) bond motifs is 1. The van der Waals surface area contributed by atoms with Crippen molar-refractivity contribution in [2.24, 2.45) is 0 Å². The molecule has 3 nitrogen and oxygen atoms in total. The third kappa shape index (κ3) is 2.35. The summed E-state index contributed by atoms with van der Waals surface area (Å²) in [5.41, 5.74) is 1.28. The highest BCUT2D eigenvalue weighted by atomic mass is 16.7. The predicted octanol–water partition coefficient (Wildman–Crippen LogP) is 2.79. The van der Waals surface area contributed by atoms with Gasteiger partial charge >= 0.3 is 0 Å². The summed E-state index contributed by atoms with van der Waals surface area (Å²) >= 11 is 0. The predicted molar refractivity (Wildman–Crippen MR) is 66.9 cm³/mol. The van der Waals surface area contributed by atoms with Crippen molar-refractivity contribution >= 4 is 10.9 Å². The number of aryl methyl sites for hydroxylation is 1. The Hall–Kier alpha value is -1.32. The van der Waals surface area contributed by atoms with Gasteiger partial charge in [0.15, 0.2) is 6.29 Å². The first-order chi connectivity index (χ1) is 8.43. The normalized spacial score (nSPS) is 17.6.